The van der Waals surface area contributed by atoms with E-state index in [1.54, 1.807) is 0 Å². The summed E-state index contributed by atoms with van der Waals surface area (Å²) >= 11 is 0. The van der Waals surface area contributed by atoms with Crippen LogP contribution >= 0.6 is 0 Å². The molecule has 2 N–H and O–H groups in total. The molecule has 104 valence electrons. The first-order chi connectivity index (χ1) is 9.31. The minimum absolute atomic E-state index is 0.0650. The van der Waals surface area contributed by atoms with Crippen molar-refractivity contribution in [3.8, 4) is 0 Å². The van der Waals surface area contributed by atoms with Crippen molar-refractivity contribution < 1.29 is 9.90 Å². The summed E-state index contributed by atoms with van der Waals surface area (Å²) < 4.78 is 0. The van der Waals surface area contributed by atoms with Crippen LogP contribution < -0.4 is 5.32 Å². The molecule has 4 heteroatoms. The maximum atomic E-state index is 12.2. The third-order valence-corrected chi connectivity index (χ3v) is 3.58. The third kappa shape index (κ3) is 3.96. The smallest absolute Gasteiger partial charge is 0.317 e. The molecule has 0 aromatic heterocycles. The van der Waals surface area contributed by atoms with Gasteiger partial charge < -0.3 is 15.3 Å². The summed E-state index contributed by atoms with van der Waals surface area (Å²) in [6.07, 6.45) is 4.54. The summed E-state index contributed by atoms with van der Waals surface area (Å²) in [6, 6.07) is 9.20. The molecular weight excluding hydrogens is 240 g/mol. The lowest BCUT2D eigenvalue weighted by molar-refractivity contribution is 0.183. The Labute approximate surface area is 114 Å². The lowest BCUT2D eigenvalue weighted by Gasteiger charge is -2.24. The molecule has 1 aliphatic rings. The van der Waals surface area contributed by atoms with Gasteiger partial charge in [-0.25, -0.2) is 4.79 Å². The zero-order valence-corrected chi connectivity index (χ0v) is 11.2. The number of amides is 2. The van der Waals surface area contributed by atoms with Crippen molar-refractivity contribution in [2.24, 2.45) is 0 Å². The Morgan fingerprint density at radius 2 is 1.79 bits per heavy atom. The zero-order chi connectivity index (χ0) is 13.5. The van der Waals surface area contributed by atoms with Crippen LogP contribution in [-0.2, 0) is 0 Å². The van der Waals surface area contributed by atoms with Crippen LogP contribution in [0.1, 0.15) is 37.3 Å². The van der Waals surface area contributed by atoms with Crippen molar-refractivity contribution in [1.29, 1.82) is 0 Å². The lowest BCUT2D eigenvalue weighted by atomic mass is 10.1. The average Bonchev–Trinajstić information content (AvgIpc) is 2.74. The second-order valence-corrected chi connectivity index (χ2v) is 5.00. The number of aliphatic hydroxyl groups is 1. The Kier molecular flexibility index (Phi) is 5.21. The monoisotopic (exact) mass is 262 g/mol. The van der Waals surface area contributed by atoms with Gasteiger partial charge in [0.05, 0.1) is 12.6 Å². The average molecular weight is 262 g/mol. The van der Waals surface area contributed by atoms with Crippen LogP contribution in [0, 0.1) is 0 Å². The lowest BCUT2D eigenvalue weighted by Crippen LogP contribution is -2.43. The molecule has 1 fully saturated rings. The van der Waals surface area contributed by atoms with Crippen molar-refractivity contribution in [3.05, 3.63) is 35.9 Å². The highest BCUT2D eigenvalue weighted by atomic mass is 16.3. The van der Waals surface area contributed by atoms with Crippen molar-refractivity contribution in [3.63, 3.8) is 0 Å². The van der Waals surface area contributed by atoms with E-state index >= 15 is 0 Å². The number of carbonyl (C=O) groups is 1. The first kappa shape index (κ1) is 13.9. The number of nitrogens with one attached hydrogen (secondary N) is 1. The van der Waals surface area contributed by atoms with Gasteiger partial charge in [-0.3, -0.25) is 0 Å². The van der Waals surface area contributed by atoms with Gasteiger partial charge in [0, 0.05) is 13.1 Å². The number of rotatable bonds is 3. The van der Waals surface area contributed by atoms with Crippen LogP contribution in [0.15, 0.2) is 30.3 Å². The number of carbonyl (C=O) groups excluding carboxylic acids is 1. The van der Waals surface area contributed by atoms with Crippen LogP contribution in [-0.4, -0.2) is 35.7 Å². The Bertz CT molecular complexity index is 386. The molecular formula is C15H22N2O2. The predicted molar refractivity (Wildman–Crippen MR) is 74.8 cm³/mol. The molecule has 0 spiro atoms. The molecule has 1 heterocycles. The molecule has 19 heavy (non-hydrogen) atoms. The second kappa shape index (κ2) is 7.14. The van der Waals surface area contributed by atoms with Gasteiger partial charge in [-0.2, -0.15) is 0 Å². The summed E-state index contributed by atoms with van der Waals surface area (Å²) in [5.74, 6) is 0. The highest BCUT2D eigenvalue weighted by molar-refractivity contribution is 5.74. The molecule has 2 rings (SSSR count). The summed E-state index contributed by atoms with van der Waals surface area (Å²) in [5, 5.41) is 12.4. The fourth-order valence-corrected chi connectivity index (χ4v) is 2.43. The van der Waals surface area contributed by atoms with E-state index in [4.69, 9.17) is 0 Å². The van der Waals surface area contributed by atoms with E-state index in [-0.39, 0.29) is 18.7 Å². The van der Waals surface area contributed by atoms with Crippen LogP contribution in [0.25, 0.3) is 0 Å². The maximum Gasteiger partial charge on any atom is 0.317 e. The van der Waals surface area contributed by atoms with Gasteiger partial charge in [-0.15, -0.1) is 0 Å². The van der Waals surface area contributed by atoms with Gasteiger partial charge in [0.1, 0.15) is 0 Å². The van der Waals surface area contributed by atoms with E-state index in [0.717, 1.165) is 31.5 Å². The fourth-order valence-electron chi connectivity index (χ4n) is 2.43. The van der Waals surface area contributed by atoms with E-state index in [9.17, 15) is 9.90 Å². The Morgan fingerprint density at radius 1 is 1.16 bits per heavy atom. The summed E-state index contributed by atoms with van der Waals surface area (Å²) in [4.78, 5) is 14.1. The highest BCUT2D eigenvalue weighted by Gasteiger charge is 2.19. The summed E-state index contributed by atoms with van der Waals surface area (Å²) in [7, 11) is 0. The minimum atomic E-state index is -0.322. The van der Waals surface area contributed by atoms with Gasteiger partial charge >= 0.3 is 6.03 Å². The van der Waals surface area contributed by atoms with Crippen molar-refractivity contribution >= 4 is 6.03 Å². The van der Waals surface area contributed by atoms with Gasteiger partial charge in [-0.05, 0) is 18.4 Å². The van der Waals surface area contributed by atoms with Crippen LogP contribution in [0.5, 0.6) is 0 Å². The zero-order valence-electron chi connectivity index (χ0n) is 11.2. The quantitative estimate of drug-likeness (QED) is 0.878. The minimum Gasteiger partial charge on any atom is -0.394 e. The second-order valence-electron chi connectivity index (χ2n) is 5.00. The largest absolute Gasteiger partial charge is 0.394 e. The van der Waals surface area contributed by atoms with Gasteiger partial charge in [0.15, 0.2) is 0 Å². The van der Waals surface area contributed by atoms with Gasteiger partial charge in [0.25, 0.3) is 0 Å². The molecule has 0 saturated carbocycles. The topological polar surface area (TPSA) is 52.6 Å². The normalized spacial score (nSPS) is 17.6. The number of likely N-dealkylation sites (tertiary alicyclic amines) is 1. The van der Waals surface area contributed by atoms with Crippen molar-refractivity contribution in [2.75, 3.05) is 19.7 Å². The van der Waals surface area contributed by atoms with Crippen LogP contribution in [0.3, 0.4) is 0 Å². The van der Waals surface area contributed by atoms with Crippen molar-refractivity contribution in [2.45, 2.75) is 31.7 Å². The van der Waals surface area contributed by atoms with E-state index in [2.05, 4.69) is 5.32 Å². The Balaban J connectivity index is 1.96. The fraction of sp³-hybridized carbons (Fsp3) is 0.533. The molecule has 2 amide bonds. The van der Waals surface area contributed by atoms with E-state index < -0.39 is 0 Å². The molecule has 0 unspecified atom stereocenters. The SMILES string of the molecule is O=C(N[C@H](CO)c1ccccc1)N1CCCCCC1. The molecule has 1 saturated heterocycles. The summed E-state index contributed by atoms with van der Waals surface area (Å²) in [5.41, 5.74) is 0.938. The molecule has 0 radical (unpaired) electrons. The maximum absolute atomic E-state index is 12.2. The molecule has 0 bridgehead atoms. The van der Waals surface area contributed by atoms with Crippen LogP contribution in [0.4, 0.5) is 4.79 Å². The Hall–Kier alpha value is -1.55. The van der Waals surface area contributed by atoms with E-state index in [1.807, 2.05) is 35.2 Å². The number of hydrogen-bond donors (Lipinski definition) is 2. The Morgan fingerprint density at radius 3 is 2.37 bits per heavy atom. The molecule has 1 aliphatic heterocycles. The first-order valence-electron chi connectivity index (χ1n) is 7.02. The predicted octanol–water partition coefficient (Wildman–Crippen LogP) is 2.31. The molecule has 1 aromatic carbocycles. The number of nitrogens with zero attached hydrogens (tertiary/aromatic N) is 1. The number of aliphatic hydroxyl groups excluding tert-OH is 1. The third-order valence-electron chi connectivity index (χ3n) is 3.58. The molecule has 0 aliphatic carbocycles. The highest BCUT2D eigenvalue weighted by Crippen LogP contribution is 2.14. The number of urea groups is 1. The first-order valence-corrected chi connectivity index (χ1v) is 7.02. The molecule has 1 atom stereocenters. The molecule has 1 aromatic rings. The number of hydrogen-bond acceptors (Lipinski definition) is 2. The standard InChI is InChI=1S/C15H22N2O2/c18-12-14(13-8-4-3-5-9-13)16-15(19)17-10-6-1-2-7-11-17/h3-5,8-9,14,18H,1-2,6-7,10-12H2,(H,16,19)/t14-/m1/s1. The van der Waals surface area contributed by atoms with Gasteiger partial charge in [-0.1, -0.05) is 43.2 Å². The summed E-state index contributed by atoms with van der Waals surface area (Å²) in [6.45, 7) is 1.56. The van der Waals surface area contributed by atoms with Gasteiger partial charge in [0.2, 0.25) is 0 Å². The van der Waals surface area contributed by atoms with E-state index in [1.165, 1.54) is 12.8 Å². The number of benzene rings is 1. The molecule has 4 nitrogen and oxygen atoms in total. The van der Waals surface area contributed by atoms with Crippen LogP contribution in [0.2, 0.25) is 0 Å². The van der Waals surface area contributed by atoms with Crippen molar-refractivity contribution in [1.82, 2.24) is 10.2 Å². The van der Waals surface area contributed by atoms with E-state index in [0.29, 0.717) is 0 Å².